The first-order valence-corrected chi connectivity index (χ1v) is 8.50. The predicted octanol–water partition coefficient (Wildman–Crippen LogP) is 4.92. The Balaban J connectivity index is 2.17. The Hall–Kier alpha value is -1.52. The molecule has 1 aromatic heterocycles. The Bertz CT molecular complexity index is 673. The molecule has 0 fully saturated rings. The molecule has 0 atom stereocenters. The van der Waals surface area contributed by atoms with Gasteiger partial charge in [0.1, 0.15) is 0 Å². The Morgan fingerprint density at radius 2 is 1.87 bits per heavy atom. The van der Waals surface area contributed by atoms with Gasteiger partial charge in [-0.2, -0.15) is 5.10 Å². The number of hydrogen-bond acceptors (Lipinski definition) is 2. The molecule has 0 aliphatic heterocycles. The molecule has 1 amide bonds. The van der Waals surface area contributed by atoms with Crippen LogP contribution in [-0.4, -0.2) is 15.7 Å². The maximum Gasteiger partial charge on any atom is 0.228 e. The summed E-state index contributed by atoms with van der Waals surface area (Å²) in [6.45, 7) is 6.42. The number of halogens is 2. The highest BCUT2D eigenvalue weighted by molar-refractivity contribution is 6.35. The molecule has 6 heteroatoms. The first-order valence-electron chi connectivity index (χ1n) is 7.74. The average Bonchev–Trinajstić information content (AvgIpc) is 2.84. The number of benzene rings is 1. The van der Waals surface area contributed by atoms with Gasteiger partial charge in [-0.05, 0) is 31.9 Å². The second-order valence-electron chi connectivity index (χ2n) is 5.53. The molecular formula is C17H21Cl2N3O. The summed E-state index contributed by atoms with van der Waals surface area (Å²) in [6, 6.07) is 7.27. The van der Waals surface area contributed by atoms with Crippen molar-refractivity contribution < 1.29 is 4.79 Å². The van der Waals surface area contributed by atoms with E-state index in [0.717, 1.165) is 24.1 Å². The molecule has 1 heterocycles. The zero-order valence-electron chi connectivity index (χ0n) is 13.6. The molecule has 4 nitrogen and oxygen atoms in total. The van der Waals surface area contributed by atoms with Crippen LogP contribution in [0.3, 0.4) is 0 Å². The summed E-state index contributed by atoms with van der Waals surface area (Å²) in [5, 5.41) is 8.54. The molecule has 0 aliphatic carbocycles. The van der Waals surface area contributed by atoms with Gasteiger partial charge in [-0.1, -0.05) is 43.1 Å². The highest BCUT2D eigenvalue weighted by atomic mass is 35.5. The smallest absolute Gasteiger partial charge is 0.228 e. The highest BCUT2D eigenvalue weighted by Gasteiger charge is 2.16. The number of anilines is 1. The van der Waals surface area contributed by atoms with Crippen molar-refractivity contribution in [3.8, 4) is 0 Å². The number of carbonyl (C=O) groups is 1. The summed E-state index contributed by atoms with van der Waals surface area (Å²) in [5.41, 5.74) is 1.75. The lowest BCUT2D eigenvalue weighted by Gasteiger charge is -2.11. The zero-order chi connectivity index (χ0) is 17.0. The molecule has 0 saturated heterocycles. The summed E-state index contributed by atoms with van der Waals surface area (Å²) in [4.78, 5) is 12.2. The number of hydrogen-bond donors (Lipinski definition) is 1. The van der Waals surface area contributed by atoms with Gasteiger partial charge in [0, 0.05) is 33.3 Å². The highest BCUT2D eigenvalue weighted by Crippen LogP contribution is 2.26. The summed E-state index contributed by atoms with van der Waals surface area (Å²) in [7, 11) is 0. The maximum atomic E-state index is 12.2. The van der Waals surface area contributed by atoms with Crippen LogP contribution in [0.5, 0.6) is 0 Å². The third-order valence-electron chi connectivity index (χ3n) is 3.96. The molecule has 0 spiro atoms. The van der Waals surface area contributed by atoms with Crippen molar-refractivity contribution in [1.29, 1.82) is 0 Å². The number of aromatic nitrogens is 2. The molecule has 0 aliphatic rings. The Labute approximate surface area is 146 Å². The van der Waals surface area contributed by atoms with Gasteiger partial charge in [0.2, 0.25) is 5.91 Å². The summed E-state index contributed by atoms with van der Waals surface area (Å²) in [6.07, 6.45) is 1.63. The van der Waals surface area contributed by atoms with Crippen molar-refractivity contribution in [1.82, 2.24) is 9.78 Å². The van der Waals surface area contributed by atoms with Crippen molar-refractivity contribution in [2.75, 3.05) is 5.32 Å². The molecule has 124 valence electrons. The molecule has 0 bridgehead atoms. The van der Waals surface area contributed by atoms with Gasteiger partial charge in [-0.25, -0.2) is 0 Å². The lowest BCUT2D eigenvalue weighted by molar-refractivity contribution is -0.120. The van der Waals surface area contributed by atoms with E-state index in [-0.39, 0.29) is 11.8 Å². The van der Waals surface area contributed by atoms with E-state index < -0.39 is 0 Å². The van der Waals surface area contributed by atoms with Gasteiger partial charge < -0.3 is 5.32 Å². The minimum atomic E-state index is 0.00965. The Morgan fingerprint density at radius 1 is 1.26 bits per heavy atom. The van der Waals surface area contributed by atoms with E-state index in [1.54, 1.807) is 16.8 Å². The van der Waals surface area contributed by atoms with Gasteiger partial charge in [0.25, 0.3) is 0 Å². The number of nitrogens with one attached hydrogen (secondary N) is 1. The summed E-state index contributed by atoms with van der Waals surface area (Å²) >= 11 is 12.4. The molecule has 0 unspecified atom stereocenters. The van der Waals surface area contributed by atoms with Gasteiger partial charge in [-0.3, -0.25) is 9.48 Å². The predicted molar refractivity (Wildman–Crippen MR) is 95.2 cm³/mol. The first-order chi connectivity index (χ1) is 11.0. The van der Waals surface area contributed by atoms with E-state index in [1.165, 1.54) is 0 Å². The normalized spacial score (nSPS) is 11.0. The van der Waals surface area contributed by atoms with E-state index >= 15 is 0 Å². The minimum absolute atomic E-state index is 0.00965. The number of carbonyl (C=O) groups excluding carboxylic acids is 1. The molecule has 1 aromatic carbocycles. The van der Waals surface area contributed by atoms with E-state index in [4.69, 9.17) is 23.2 Å². The third kappa shape index (κ3) is 4.27. The number of rotatable bonds is 6. The second-order valence-corrected chi connectivity index (χ2v) is 6.35. The van der Waals surface area contributed by atoms with Crippen molar-refractivity contribution in [2.24, 2.45) is 5.92 Å². The van der Waals surface area contributed by atoms with E-state index in [9.17, 15) is 4.79 Å². The lowest BCUT2D eigenvalue weighted by atomic mass is 10.0. The van der Waals surface area contributed by atoms with E-state index in [0.29, 0.717) is 22.4 Å². The number of aryl methyl sites for hydroxylation is 1. The number of nitrogens with zero attached hydrogens (tertiary/aromatic N) is 2. The van der Waals surface area contributed by atoms with Crippen LogP contribution < -0.4 is 5.32 Å². The SMILES string of the molecule is CCC(CC)C(=O)Nc1cc(C)n(Cc2c(Cl)cccc2Cl)n1. The zero-order valence-corrected chi connectivity index (χ0v) is 15.1. The fraction of sp³-hybridized carbons (Fsp3) is 0.412. The van der Waals surface area contributed by atoms with Crippen LogP contribution in [0.15, 0.2) is 24.3 Å². The van der Waals surface area contributed by atoms with E-state index in [1.807, 2.05) is 32.9 Å². The molecule has 0 saturated carbocycles. The second kappa shape index (κ2) is 7.84. The fourth-order valence-corrected chi connectivity index (χ4v) is 2.97. The van der Waals surface area contributed by atoms with Crippen LogP contribution in [0.2, 0.25) is 10.0 Å². The molecule has 23 heavy (non-hydrogen) atoms. The van der Waals surface area contributed by atoms with Crippen LogP contribution in [0.25, 0.3) is 0 Å². The van der Waals surface area contributed by atoms with Gasteiger partial charge >= 0.3 is 0 Å². The van der Waals surface area contributed by atoms with Crippen LogP contribution in [0.4, 0.5) is 5.82 Å². The molecule has 0 radical (unpaired) electrons. The first kappa shape index (κ1) is 17.8. The molecule has 2 rings (SSSR count). The van der Waals surface area contributed by atoms with Crippen LogP contribution >= 0.6 is 23.2 Å². The van der Waals surface area contributed by atoms with Crippen LogP contribution in [0.1, 0.15) is 37.9 Å². The Kier molecular flexibility index (Phi) is 6.08. The van der Waals surface area contributed by atoms with Crippen molar-refractivity contribution in [3.05, 3.63) is 45.6 Å². The fourth-order valence-electron chi connectivity index (χ4n) is 2.45. The quantitative estimate of drug-likeness (QED) is 0.800. The topological polar surface area (TPSA) is 46.9 Å². The monoisotopic (exact) mass is 353 g/mol. The molecular weight excluding hydrogens is 333 g/mol. The maximum absolute atomic E-state index is 12.2. The number of amides is 1. The molecule has 2 aromatic rings. The van der Waals surface area contributed by atoms with Crippen molar-refractivity contribution in [2.45, 2.75) is 40.2 Å². The van der Waals surface area contributed by atoms with E-state index in [2.05, 4.69) is 10.4 Å². The Morgan fingerprint density at radius 3 is 2.43 bits per heavy atom. The van der Waals surface area contributed by atoms with Gasteiger partial charge in [0.15, 0.2) is 5.82 Å². The summed E-state index contributed by atoms with van der Waals surface area (Å²) in [5.74, 6) is 0.580. The minimum Gasteiger partial charge on any atom is -0.309 e. The molecule has 1 N–H and O–H groups in total. The van der Waals surface area contributed by atoms with Crippen LogP contribution in [0, 0.1) is 12.8 Å². The van der Waals surface area contributed by atoms with Crippen molar-refractivity contribution in [3.63, 3.8) is 0 Å². The third-order valence-corrected chi connectivity index (χ3v) is 4.67. The van der Waals surface area contributed by atoms with Gasteiger partial charge in [0.05, 0.1) is 6.54 Å². The lowest BCUT2D eigenvalue weighted by Crippen LogP contribution is -2.22. The van der Waals surface area contributed by atoms with Crippen molar-refractivity contribution >= 4 is 34.9 Å². The largest absolute Gasteiger partial charge is 0.309 e. The van der Waals surface area contributed by atoms with Crippen LogP contribution in [-0.2, 0) is 11.3 Å². The standard InChI is InChI=1S/C17H21Cl2N3O/c1-4-12(5-2)17(23)20-16-9-11(3)22(21-16)10-13-14(18)7-6-8-15(13)19/h6-9,12H,4-5,10H2,1-3H3,(H,20,21,23). The average molecular weight is 354 g/mol. The summed E-state index contributed by atoms with van der Waals surface area (Å²) < 4.78 is 1.79. The van der Waals surface area contributed by atoms with Gasteiger partial charge in [-0.15, -0.1) is 0 Å².